The molecule has 1 aliphatic carbocycles. The molecule has 0 aromatic carbocycles. The summed E-state index contributed by atoms with van der Waals surface area (Å²) in [4.78, 5) is 40.8. The van der Waals surface area contributed by atoms with E-state index < -0.39 is 41.4 Å². The van der Waals surface area contributed by atoms with Crippen LogP contribution in [0.25, 0.3) is 0 Å². The smallest absolute Gasteiger partial charge is 0.411 e. The van der Waals surface area contributed by atoms with Gasteiger partial charge in [0, 0.05) is 12.5 Å². The van der Waals surface area contributed by atoms with Crippen molar-refractivity contribution in [2.24, 2.45) is 11.8 Å². The van der Waals surface area contributed by atoms with Gasteiger partial charge in [-0.05, 0) is 103 Å². The number of amides is 3. The van der Waals surface area contributed by atoms with Crippen LogP contribution in [0.2, 0.25) is 0 Å². The van der Waals surface area contributed by atoms with Gasteiger partial charge in [-0.25, -0.2) is 9.18 Å². The summed E-state index contributed by atoms with van der Waals surface area (Å²) in [5.74, 6) is -0.975. The van der Waals surface area contributed by atoms with Crippen molar-refractivity contribution in [3.05, 3.63) is 35.7 Å². The second-order valence-corrected chi connectivity index (χ2v) is 12.5. The van der Waals surface area contributed by atoms with Crippen LogP contribution in [0.4, 0.5) is 9.18 Å². The van der Waals surface area contributed by atoms with E-state index in [2.05, 4.69) is 33.7 Å². The zero-order valence-electron chi connectivity index (χ0n) is 23.7. The lowest BCUT2D eigenvalue weighted by molar-refractivity contribution is -0.132. The Bertz CT molecular complexity index is 984. The fourth-order valence-electron chi connectivity index (χ4n) is 5.99. The number of rotatable bonds is 9. The molecule has 0 spiro atoms. The molecule has 2 aliphatic heterocycles. The van der Waals surface area contributed by atoms with E-state index in [-0.39, 0.29) is 24.0 Å². The first-order valence-electron chi connectivity index (χ1n) is 14.0. The van der Waals surface area contributed by atoms with Gasteiger partial charge in [0.05, 0.1) is 22.9 Å². The van der Waals surface area contributed by atoms with Gasteiger partial charge in [-0.3, -0.25) is 18.0 Å². The lowest BCUT2D eigenvalue weighted by Crippen LogP contribution is -2.57. The summed E-state index contributed by atoms with van der Waals surface area (Å²) in [6.07, 6.45) is 9.55. The van der Waals surface area contributed by atoms with Crippen LogP contribution < -0.4 is 14.2 Å². The van der Waals surface area contributed by atoms with E-state index in [0.29, 0.717) is 12.3 Å². The minimum absolute atomic E-state index is 0.00397. The highest BCUT2D eigenvalue weighted by Crippen LogP contribution is 2.43. The van der Waals surface area contributed by atoms with Gasteiger partial charge in [0.25, 0.3) is 5.91 Å². The fraction of sp³-hybridized carbons (Fsp3) is 0.690. The predicted molar refractivity (Wildman–Crippen MR) is 159 cm³/mol. The molecule has 0 aromatic rings. The van der Waals surface area contributed by atoms with Crippen molar-refractivity contribution in [1.29, 1.82) is 0 Å². The van der Waals surface area contributed by atoms with Crippen LogP contribution in [-0.4, -0.2) is 59.6 Å². The molecule has 3 aliphatic rings. The van der Waals surface area contributed by atoms with E-state index in [1.165, 1.54) is 10.5 Å². The Hall–Kier alpha value is -1.95. The molecule has 1 saturated carbocycles. The zero-order chi connectivity index (χ0) is 28.7. The molecule has 3 amide bonds. The monoisotopic (exact) mass is 658 g/mol. The molecule has 8 nitrogen and oxygen atoms in total. The highest BCUT2D eigenvalue weighted by Gasteiger charge is 2.52. The van der Waals surface area contributed by atoms with Gasteiger partial charge in [-0.1, -0.05) is 24.3 Å². The normalized spacial score (nSPS) is 26.6. The molecule has 2 saturated heterocycles. The summed E-state index contributed by atoms with van der Waals surface area (Å²) in [5, 5.41) is 6.23. The van der Waals surface area contributed by atoms with Crippen LogP contribution in [0.5, 0.6) is 0 Å². The third-order valence-corrected chi connectivity index (χ3v) is 8.51. The molecule has 0 aromatic heterocycles. The van der Waals surface area contributed by atoms with Gasteiger partial charge in [0.1, 0.15) is 23.5 Å². The van der Waals surface area contributed by atoms with Crippen molar-refractivity contribution in [3.8, 4) is 0 Å². The van der Waals surface area contributed by atoms with E-state index in [0.717, 1.165) is 51.6 Å². The maximum atomic E-state index is 14.5. The largest absolute Gasteiger partial charge is 0.444 e. The van der Waals surface area contributed by atoms with Crippen molar-refractivity contribution < 1.29 is 23.5 Å². The number of piperidine rings is 1. The van der Waals surface area contributed by atoms with Gasteiger partial charge >= 0.3 is 6.09 Å². The molecule has 218 valence electrons. The third kappa shape index (κ3) is 8.77. The summed E-state index contributed by atoms with van der Waals surface area (Å²) < 4.78 is 22.6. The Morgan fingerprint density at radius 2 is 1.92 bits per heavy atom. The molecular weight excluding hydrogens is 614 g/mol. The topological polar surface area (TPSA) is 99.8 Å². The van der Waals surface area contributed by atoms with Gasteiger partial charge in [0.15, 0.2) is 0 Å². The quantitative estimate of drug-likeness (QED) is 0.136. The maximum Gasteiger partial charge on any atom is 0.411 e. The Kier molecular flexibility index (Phi) is 11.4. The summed E-state index contributed by atoms with van der Waals surface area (Å²) in [6.45, 7) is 13.0. The minimum atomic E-state index is -1.01. The van der Waals surface area contributed by atoms with E-state index >= 15 is 0 Å². The molecule has 3 rings (SSSR count). The van der Waals surface area contributed by atoms with Crippen molar-refractivity contribution >= 4 is 40.8 Å². The molecule has 1 unspecified atom stereocenters. The van der Waals surface area contributed by atoms with Gasteiger partial charge in [0.2, 0.25) is 5.91 Å². The highest BCUT2D eigenvalue weighted by molar-refractivity contribution is 14.1. The average molecular weight is 659 g/mol. The molecule has 3 fully saturated rings. The lowest BCUT2D eigenvalue weighted by Gasteiger charge is -2.36. The number of fused-ring (bicyclic) bond motifs is 2. The van der Waals surface area contributed by atoms with Crippen molar-refractivity contribution in [2.75, 3.05) is 13.1 Å². The van der Waals surface area contributed by atoms with E-state index in [9.17, 15) is 18.8 Å². The fourth-order valence-corrected chi connectivity index (χ4v) is 6.36. The molecule has 3 N–H and O–H groups in total. The molecular formula is C29H44FIN4O4. The number of nitrogens with one attached hydrogen (secondary N) is 3. The number of likely N-dealkylation sites (tertiary alicyclic amines) is 1. The Morgan fingerprint density at radius 3 is 2.59 bits per heavy atom. The first-order chi connectivity index (χ1) is 18.4. The van der Waals surface area contributed by atoms with Crippen molar-refractivity contribution in [1.82, 2.24) is 19.1 Å². The highest BCUT2D eigenvalue weighted by atomic mass is 127. The van der Waals surface area contributed by atoms with E-state index in [1.54, 1.807) is 49.7 Å². The van der Waals surface area contributed by atoms with Gasteiger partial charge in [-0.2, -0.15) is 0 Å². The molecule has 2 bridgehead atoms. The number of hydrogen-bond donors (Lipinski definition) is 3. The number of halogens is 2. The number of carbonyl (C=O) groups excluding carboxylic acids is 3. The molecule has 39 heavy (non-hydrogen) atoms. The summed E-state index contributed by atoms with van der Waals surface area (Å²) in [5.41, 5.74) is 0.876. The predicted octanol–water partition coefficient (Wildman–Crippen LogP) is 5.25. The average Bonchev–Trinajstić information content (AvgIpc) is 3.37. The van der Waals surface area contributed by atoms with Crippen LogP contribution in [0.1, 0.15) is 79.1 Å². The van der Waals surface area contributed by atoms with E-state index in [1.807, 2.05) is 0 Å². The van der Waals surface area contributed by atoms with Gasteiger partial charge in [-0.15, -0.1) is 0 Å². The molecule has 2 heterocycles. The Morgan fingerprint density at radius 1 is 1.18 bits per heavy atom. The number of ether oxygens (including phenoxy) is 1. The minimum Gasteiger partial charge on any atom is -0.444 e. The van der Waals surface area contributed by atoms with Crippen LogP contribution in [0.3, 0.4) is 0 Å². The standard InChI is InChI=1S/C29H44FIN4O4/c1-18(20-10-7-14-32-15-13-20)8-6-9-21(19(2)30)17-24(26(36)34-31)33-27(37)25-22-11-12-23(16-22)35(25)28(38)39-29(3,4)5/h8-9,20,22-25,32H,2,6-7,10-17H2,1,3-5H3,(H,33,37)(H,34,36)/b18-8+,21-9-/t20?,22-,23+,24-,25-/m0/s1. The molecule has 5 atom stereocenters. The SMILES string of the molecule is C=C(F)/C(=C\C/C=C(\C)C1CCCNCC1)C[C@H](NC(=O)[C@@H]1[C@H]2CC[C@H](C2)N1C(=O)OC(C)(C)C)C(=O)NI. The number of hydrogen-bond acceptors (Lipinski definition) is 5. The zero-order valence-corrected chi connectivity index (χ0v) is 25.8. The molecule has 0 radical (unpaired) electrons. The Labute approximate surface area is 246 Å². The van der Waals surface area contributed by atoms with Crippen molar-refractivity contribution in [3.63, 3.8) is 0 Å². The van der Waals surface area contributed by atoms with Crippen molar-refractivity contribution in [2.45, 2.75) is 103 Å². The van der Waals surface area contributed by atoms with Crippen LogP contribution in [-0.2, 0) is 14.3 Å². The Balaban J connectivity index is 1.71. The number of carbonyl (C=O) groups is 3. The van der Waals surface area contributed by atoms with E-state index in [4.69, 9.17) is 4.74 Å². The maximum absolute atomic E-state index is 14.5. The van der Waals surface area contributed by atoms with Gasteiger partial charge < -0.3 is 15.4 Å². The summed E-state index contributed by atoms with van der Waals surface area (Å²) in [7, 11) is 0. The lowest BCUT2D eigenvalue weighted by atomic mass is 9.92. The summed E-state index contributed by atoms with van der Waals surface area (Å²) in [6, 6.07) is -1.78. The number of nitrogens with zero attached hydrogens (tertiary/aromatic N) is 1. The second kappa shape index (κ2) is 14.1. The number of allylic oxidation sites excluding steroid dienone is 4. The summed E-state index contributed by atoms with van der Waals surface area (Å²) >= 11 is 1.72. The van der Waals surface area contributed by atoms with Crippen LogP contribution in [0, 0.1) is 11.8 Å². The first kappa shape index (κ1) is 31.6. The van der Waals surface area contributed by atoms with Crippen LogP contribution >= 0.6 is 22.9 Å². The molecule has 10 heteroatoms. The first-order valence-corrected chi connectivity index (χ1v) is 15.1. The van der Waals surface area contributed by atoms with Crippen LogP contribution in [0.15, 0.2) is 35.7 Å². The second-order valence-electron chi connectivity index (χ2n) is 12.0. The third-order valence-electron chi connectivity index (χ3n) is 7.98.